The molecule has 4 nitrogen and oxygen atoms in total. The van der Waals surface area contributed by atoms with Gasteiger partial charge >= 0.3 is 0 Å². The summed E-state index contributed by atoms with van der Waals surface area (Å²) < 4.78 is 0. The monoisotopic (exact) mass is 129 g/mol. The molecule has 0 radical (unpaired) electrons. The summed E-state index contributed by atoms with van der Waals surface area (Å²) in [5.41, 5.74) is 5.21. The molecule has 0 aliphatic rings. The standard InChI is InChI=1S/C5H11N3O/c1-4(9)3-8-5(6)7-2/h3H2,1-2H3,(H3,6,7,8). The van der Waals surface area contributed by atoms with Gasteiger partial charge in [0.05, 0.1) is 6.54 Å². The number of aliphatic imine (C=N–C) groups is 1. The van der Waals surface area contributed by atoms with Gasteiger partial charge in [0, 0.05) is 7.05 Å². The molecule has 4 heteroatoms. The zero-order chi connectivity index (χ0) is 7.28. The van der Waals surface area contributed by atoms with Crippen molar-refractivity contribution >= 4 is 11.7 Å². The number of rotatable bonds is 2. The zero-order valence-corrected chi connectivity index (χ0v) is 5.64. The summed E-state index contributed by atoms with van der Waals surface area (Å²) in [6, 6.07) is 0. The number of hydrogen-bond donors (Lipinski definition) is 2. The lowest BCUT2D eigenvalue weighted by Crippen LogP contribution is -2.34. The van der Waals surface area contributed by atoms with E-state index in [0.717, 1.165) is 0 Å². The number of guanidine groups is 1. The van der Waals surface area contributed by atoms with E-state index >= 15 is 0 Å². The van der Waals surface area contributed by atoms with Crippen LogP contribution in [0.5, 0.6) is 0 Å². The van der Waals surface area contributed by atoms with Crippen molar-refractivity contribution in [2.75, 3.05) is 13.6 Å². The molecule has 52 valence electrons. The van der Waals surface area contributed by atoms with Gasteiger partial charge in [-0.25, -0.2) is 0 Å². The lowest BCUT2D eigenvalue weighted by molar-refractivity contribution is -0.115. The van der Waals surface area contributed by atoms with E-state index in [2.05, 4.69) is 10.3 Å². The van der Waals surface area contributed by atoms with Crippen LogP contribution in [0.4, 0.5) is 0 Å². The summed E-state index contributed by atoms with van der Waals surface area (Å²) in [4.78, 5) is 13.9. The van der Waals surface area contributed by atoms with Gasteiger partial charge in [0.15, 0.2) is 5.96 Å². The molecule has 0 unspecified atom stereocenters. The van der Waals surface area contributed by atoms with Crippen molar-refractivity contribution < 1.29 is 4.79 Å². The fourth-order valence-corrected chi connectivity index (χ4v) is 0.294. The maximum Gasteiger partial charge on any atom is 0.188 e. The Hall–Kier alpha value is -1.06. The average Bonchev–Trinajstić information content (AvgIpc) is 1.83. The van der Waals surface area contributed by atoms with E-state index in [-0.39, 0.29) is 12.3 Å². The molecule has 0 aromatic carbocycles. The van der Waals surface area contributed by atoms with Gasteiger partial charge in [-0.3, -0.25) is 9.79 Å². The molecule has 0 bridgehead atoms. The Balaban J connectivity index is 3.39. The summed E-state index contributed by atoms with van der Waals surface area (Å²) in [6.07, 6.45) is 0. The second-order valence-corrected chi connectivity index (χ2v) is 1.66. The number of nitrogens with two attached hydrogens (primary N) is 1. The summed E-state index contributed by atoms with van der Waals surface area (Å²) in [5, 5.41) is 2.61. The number of carbonyl (C=O) groups excluding carboxylic acids is 1. The van der Waals surface area contributed by atoms with Crippen molar-refractivity contribution in [2.45, 2.75) is 6.92 Å². The number of ketones is 1. The first-order valence-electron chi connectivity index (χ1n) is 2.62. The maximum atomic E-state index is 10.3. The van der Waals surface area contributed by atoms with Crippen molar-refractivity contribution in [2.24, 2.45) is 10.7 Å². The number of Topliss-reactive ketones (excluding diaryl/α,β-unsaturated/α-hetero) is 1. The molecule has 0 aromatic heterocycles. The predicted molar refractivity (Wildman–Crippen MR) is 36.2 cm³/mol. The van der Waals surface area contributed by atoms with Crippen molar-refractivity contribution in [3.05, 3.63) is 0 Å². The third-order valence-electron chi connectivity index (χ3n) is 0.759. The molecular weight excluding hydrogens is 118 g/mol. The first kappa shape index (κ1) is 7.94. The van der Waals surface area contributed by atoms with Crippen LogP contribution in [-0.2, 0) is 4.79 Å². The summed E-state index contributed by atoms with van der Waals surface area (Å²) >= 11 is 0. The fourth-order valence-electron chi connectivity index (χ4n) is 0.294. The molecule has 3 N–H and O–H groups in total. The van der Waals surface area contributed by atoms with Crippen LogP contribution in [0, 0.1) is 0 Å². The van der Waals surface area contributed by atoms with E-state index < -0.39 is 0 Å². The van der Waals surface area contributed by atoms with Crippen molar-refractivity contribution in [1.29, 1.82) is 0 Å². The average molecular weight is 129 g/mol. The minimum Gasteiger partial charge on any atom is -0.370 e. The van der Waals surface area contributed by atoms with Gasteiger partial charge in [0.1, 0.15) is 5.78 Å². The zero-order valence-electron chi connectivity index (χ0n) is 5.64. The molecular formula is C5H11N3O. The van der Waals surface area contributed by atoms with E-state index in [1.54, 1.807) is 7.05 Å². The minimum absolute atomic E-state index is 0.0431. The number of nitrogens with one attached hydrogen (secondary N) is 1. The van der Waals surface area contributed by atoms with E-state index in [1.165, 1.54) is 6.92 Å². The van der Waals surface area contributed by atoms with Crippen LogP contribution in [0.25, 0.3) is 0 Å². The largest absolute Gasteiger partial charge is 0.370 e. The topological polar surface area (TPSA) is 67.5 Å². The Morgan fingerprint density at radius 3 is 2.67 bits per heavy atom. The highest BCUT2D eigenvalue weighted by atomic mass is 16.1. The van der Waals surface area contributed by atoms with Crippen LogP contribution < -0.4 is 11.1 Å². The molecule has 0 heterocycles. The number of hydrogen-bond acceptors (Lipinski definition) is 2. The third kappa shape index (κ3) is 4.80. The van der Waals surface area contributed by atoms with Gasteiger partial charge in [0.2, 0.25) is 0 Å². The molecule has 0 saturated heterocycles. The molecule has 0 aliphatic heterocycles. The lowest BCUT2D eigenvalue weighted by Gasteiger charge is -1.98. The van der Waals surface area contributed by atoms with Crippen LogP contribution in [0.15, 0.2) is 4.99 Å². The molecule has 9 heavy (non-hydrogen) atoms. The number of carbonyl (C=O) groups is 1. The van der Waals surface area contributed by atoms with E-state index in [0.29, 0.717) is 5.96 Å². The van der Waals surface area contributed by atoms with Crippen molar-refractivity contribution in [1.82, 2.24) is 5.32 Å². The van der Waals surface area contributed by atoms with Gasteiger partial charge in [-0.2, -0.15) is 0 Å². The second-order valence-electron chi connectivity index (χ2n) is 1.66. The molecule has 0 rings (SSSR count). The first-order chi connectivity index (χ1) is 4.16. The molecule has 0 aromatic rings. The SMILES string of the molecule is CN=C(N)NCC(C)=O. The van der Waals surface area contributed by atoms with Gasteiger partial charge in [-0.05, 0) is 6.92 Å². The first-order valence-corrected chi connectivity index (χ1v) is 2.62. The highest BCUT2D eigenvalue weighted by Crippen LogP contribution is 1.63. The molecule has 0 amide bonds. The van der Waals surface area contributed by atoms with Crippen LogP contribution in [0.3, 0.4) is 0 Å². The summed E-state index contributed by atoms with van der Waals surface area (Å²) in [5.74, 6) is 0.340. The summed E-state index contributed by atoms with van der Waals surface area (Å²) in [6.45, 7) is 1.74. The summed E-state index contributed by atoms with van der Waals surface area (Å²) in [7, 11) is 1.56. The normalized spacial score (nSPS) is 11.1. The molecule has 0 spiro atoms. The van der Waals surface area contributed by atoms with Gasteiger partial charge in [0.25, 0.3) is 0 Å². The van der Waals surface area contributed by atoms with Crippen LogP contribution >= 0.6 is 0 Å². The smallest absolute Gasteiger partial charge is 0.188 e. The van der Waals surface area contributed by atoms with E-state index in [9.17, 15) is 4.79 Å². The Labute approximate surface area is 54.1 Å². The van der Waals surface area contributed by atoms with Crippen LogP contribution in [0.2, 0.25) is 0 Å². The lowest BCUT2D eigenvalue weighted by atomic mass is 10.4. The predicted octanol–water partition coefficient (Wildman–Crippen LogP) is -0.890. The van der Waals surface area contributed by atoms with Crippen LogP contribution in [0.1, 0.15) is 6.92 Å². The molecule has 0 saturated carbocycles. The van der Waals surface area contributed by atoms with Crippen molar-refractivity contribution in [3.63, 3.8) is 0 Å². The Kier molecular flexibility index (Phi) is 3.43. The Morgan fingerprint density at radius 2 is 2.33 bits per heavy atom. The quantitative estimate of drug-likeness (QED) is 0.375. The van der Waals surface area contributed by atoms with Crippen LogP contribution in [-0.4, -0.2) is 25.3 Å². The maximum absolute atomic E-state index is 10.3. The molecule has 0 atom stereocenters. The highest BCUT2D eigenvalue weighted by Gasteiger charge is 1.91. The minimum atomic E-state index is 0.0431. The Morgan fingerprint density at radius 1 is 1.78 bits per heavy atom. The number of nitrogens with zero attached hydrogens (tertiary/aromatic N) is 1. The molecule has 0 fully saturated rings. The van der Waals surface area contributed by atoms with E-state index in [4.69, 9.17) is 5.73 Å². The molecule has 0 aliphatic carbocycles. The van der Waals surface area contributed by atoms with Gasteiger partial charge in [-0.1, -0.05) is 0 Å². The van der Waals surface area contributed by atoms with Gasteiger partial charge < -0.3 is 11.1 Å². The Bertz CT molecular complexity index is 130. The van der Waals surface area contributed by atoms with E-state index in [1.807, 2.05) is 0 Å². The fraction of sp³-hybridized carbons (Fsp3) is 0.600. The third-order valence-corrected chi connectivity index (χ3v) is 0.759. The van der Waals surface area contributed by atoms with Gasteiger partial charge in [-0.15, -0.1) is 0 Å². The second kappa shape index (κ2) is 3.88. The van der Waals surface area contributed by atoms with Crippen molar-refractivity contribution in [3.8, 4) is 0 Å². The highest BCUT2D eigenvalue weighted by molar-refractivity contribution is 5.85.